The van der Waals surface area contributed by atoms with Crippen LogP contribution in [0, 0.1) is 5.82 Å². The van der Waals surface area contributed by atoms with Gasteiger partial charge in [-0.15, -0.1) is 11.3 Å². The largest absolute Gasteiger partial charge is 0.347 e. The van der Waals surface area contributed by atoms with Crippen molar-refractivity contribution >= 4 is 39.8 Å². The summed E-state index contributed by atoms with van der Waals surface area (Å²) >= 11 is 1.58. The Balaban J connectivity index is 1.51. The highest BCUT2D eigenvalue weighted by atomic mass is 32.1. The lowest BCUT2D eigenvalue weighted by Crippen LogP contribution is -2.22. The number of anilines is 2. The molecule has 8 heteroatoms. The number of benzene rings is 2. The molecule has 0 saturated heterocycles. The molecule has 146 valence electrons. The maximum Gasteiger partial charge on any atom is 0.293 e. The van der Waals surface area contributed by atoms with Crippen LogP contribution in [-0.4, -0.2) is 15.5 Å². The van der Waals surface area contributed by atoms with Gasteiger partial charge in [0.2, 0.25) is 0 Å². The molecule has 0 aliphatic carbocycles. The number of hydrogen-bond donors (Lipinski definition) is 2. The number of rotatable bonds is 5. The van der Waals surface area contributed by atoms with Gasteiger partial charge >= 0.3 is 0 Å². The molecule has 0 bridgehead atoms. The van der Waals surface area contributed by atoms with E-state index in [1.54, 1.807) is 42.6 Å². The molecule has 4 rings (SSSR count). The van der Waals surface area contributed by atoms with E-state index in [-0.39, 0.29) is 17.3 Å². The topological polar surface area (TPSA) is 76.0 Å². The number of aromatic nitrogens is 2. The van der Waals surface area contributed by atoms with E-state index >= 15 is 0 Å². The molecule has 6 nitrogen and oxygen atoms in total. The SMILES string of the molecule is Cn1c(=O)c(Nc2ccc(C(=O)NCc3cccs3)cc2)nc2ccc(F)cc21. The van der Waals surface area contributed by atoms with Crippen LogP contribution in [0.1, 0.15) is 15.2 Å². The molecule has 2 aromatic heterocycles. The second-order valence-corrected chi connectivity index (χ2v) is 7.45. The molecule has 29 heavy (non-hydrogen) atoms. The van der Waals surface area contributed by atoms with Gasteiger partial charge in [0.25, 0.3) is 11.5 Å². The van der Waals surface area contributed by atoms with E-state index in [0.29, 0.717) is 28.8 Å². The maximum absolute atomic E-state index is 13.4. The van der Waals surface area contributed by atoms with E-state index in [4.69, 9.17) is 0 Å². The predicted octanol–water partition coefficient (Wildman–Crippen LogP) is 3.81. The summed E-state index contributed by atoms with van der Waals surface area (Å²) in [6.07, 6.45) is 0. The van der Waals surface area contributed by atoms with Crippen molar-refractivity contribution in [1.29, 1.82) is 0 Å². The van der Waals surface area contributed by atoms with Crippen molar-refractivity contribution in [2.75, 3.05) is 5.32 Å². The standard InChI is InChI=1S/C21H17FN4O2S/c1-26-18-11-14(22)6-9-17(18)25-19(21(26)28)24-15-7-4-13(5-8-15)20(27)23-12-16-3-2-10-29-16/h2-11H,12H2,1H3,(H,23,27)(H,24,25). The first kappa shape index (κ1) is 18.8. The minimum atomic E-state index is -0.428. The lowest BCUT2D eigenvalue weighted by atomic mass is 10.2. The van der Waals surface area contributed by atoms with Crippen molar-refractivity contribution < 1.29 is 9.18 Å². The van der Waals surface area contributed by atoms with Gasteiger partial charge in [0.05, 0.1) is 17.6 Å². The van der Waals surface area contributed by atoms with Gasteiger partial charge in [0.15, 0.2) is 5.82 Å². The normalized spacial score (nSPS) is 10.8. The molecular formula is C21H17FN4O2S. The number of nitrogens with zero attached hydrogens (tertiary/aromatic N) is 2. The van der Waals surface area contributed by atoms with E-state index < -0.39 is 5.82 Å². The molecule has 0 unspecified atom stereocenters. The van der Waals surface area contributed by atoms with Crippen LogP contribution in [-0.2, 0) is 13.6 Å². The number of hydrogen-bond acceptors (Lipinski definition) is 5. The van der Waals surface area contributed by atoms with Crippen LogP contribution in [0.5, 0.6) is 0 Å². The van der Waals surface area contributed by atoms with Gasteiger partial charge < -0.3 is 15.2 Å². The first-order valence-electron chi connectivity index (χ1n) is 8.85. The summed E-state index contributed by atoms with van der Waals surface area (Å²) in [6.45, 7) is 0.480. The van der Waals surface area contributed by atoms with Gasteiger partial charge in [-0.3, -0.25) is 9.59 Å². The Morgan fingerprint density at radius 1 is 1.17 bits per heavy atom. The Morgan fingerprint density at radius 3 is 2.69 bits per heavy atom. The number of halogens is 1. The zero-order valence-corrected chi connectivity index (χ0v) is 16.3. The molecule has 0 fully saturated rings. The second kappa shape index (κ2) is 7.84. The monoisotopic (exact) mass is 408 g/mol. The third kappa shape index (κ3) is 4.02. The summed E-state index contributed by atoms with van der Waals surface area (Å²) in [5.41, 5.74) is 1.67. The van der Waals surface area contributed by atoms with Gasteiger partial charge in [-0.2, -0.15) is 0 Å². The van der Waals surface area contributed by atoms with Gasteiger partial charge in [-0.1, -0.05) is 6.07 Å². The highest BCUT2D eigenvalue weighted by molar-refractivity contribution is 7.09. The average molecular weight is 408 g/mol. The lowest BCUT2D eigenvalue weighted by Gasteiger charge is -2.10. The predicted molar refractivity (Wildman–Crippen MR) is 112 cm³/mol. The van der Waals surface area contributed by atoms with E-state index in [0.717, 1.165) is 4.88 Å². The minimum Gasteiger partial charge on any atom is -0.347 e. The quantitative estimate of drug-likeness (QED) is 0.527. The van der Waals surface area contributed by atoms with Crippen LogP contribution >= 0.6 is 11.3 Å². The van der Waals surface area contributed by atoms with Crippen molar-refractivity contribution in [2.45, 2.75) is 6.54 Å². The van der Waals surface area contributed by atoms with Crippen LogP contribution in [0.4, 0.5) is 15.9 Å². The van der Waals surface area contributed by atoms with E-state index in [1.807, 2.05) is 17.5 Å². The molecule has 2 heterocycles. The second-order valence-electron chi connectivity index (χ2n) is 6.42. The van der Waals surface area contributed by atoms with Crippen molar-refractivity contribution in [2.24, 2.45) is 7.05 Å². The number of amides is 1. The van der Waals surface area contributed by atoms with Gasteiger partial charge in [-0.25, -0.2) is 9.37 Å². The molecule has 0 spiro atoms. The van der Waals surface area contributed by atoms with Gasteiger partial charge in [0.1, 0.15) is 5.82 Å². The van der Waals surface area contributed by atoms with Crippen LogP contribution in [0.2, 0.25) is 0 Å². The number of carbonyl (C=O) groups excluding carboxylic acids is 1. The molecule has 2 aromatic carbocycles. The molecule has 1 amide bonds. The molecule has 4 aromatic rings. The summed E-state index contributed by atoms with van der Waals surface area (Å²) in [5.74, 6) is -0.476. The molecule has 0 aliphatic heterocycles. The molecule has 2 N–H and O–H groups in total. The molecule has 0 atom stereocenters. The van der Waals surface area contributed by atoms with Gasteiger partial charge in [0, 0.05) is 23.2 Å². The van der Waals surface area contributed by atoms with Crippen LogP contribution in [0.25, 0.3) is 11.0 Å². The zero-order chi connectivity index (χ0) is 20.4. The van der Waals surface area contributed by atoms with E-state index in [9.17, 15) is 14.0 Å². The number of aryl methyl sites for hydroxylation is 1. The Labute approximate surface area is 169 Å². The summed E-state index contributed by atoms with van der Waals surface area (Å²) < 4.78 is 14.8. The highest BCUT2D eigenvalue weighted by Crippen LogP contribution is 2.17. The molecular weight excluding hydrogens is 391 g/mol. The summed E-state index contributed by atoms with van der Waals surface area (Å²) in [7, 11) is 1.57. The molecule has 0 radical (unpaired) electrons. The fourth-order valence-corrected chi connectivity index (χ4v) is 3.55. The minimum absolute atomic E-state index is 0.126. The molecule has 0 saturated carbocycles. The third-order valence-electron chi connectivity index (χ3n) is 4.45. The number of carbonyl (C=O) groups is 1. The summed E-state index contributed by atoms with van der Waals surface area (Å²) in [6, 6.07) is 14.8. The zero-order valence-electron chi connectivity index (χ0n) is 15.5. The average Bonchev–Trinajstić information content (AvgIpc) is 3.25. The third-order valence-corrected chi connectivity index (χ3v) is 5.33. The number of fused-ring (bicyclic) bond motifs is 1. The van der Waals surface area contributed by atoms with Crippen molar-refractivity contribution in [1.82, 2.24) is 14.9 Å². The van der Waals surface area contributed by atoms with Crippen LogP contribution < -0.4 is 16.2 Å². The van der Waals surface area contributed by atoms with Crippen LogP contribution in [0.3, 0.4) is 0 Å². The maximum atomic E-state index is 13.4. The Hall–Kier alpha value is -3.52. The van der Waals surface area contributed by atoms with Crippen molar-refractivity contribution in [3.8, 4) is 0 Å². The summed E-state index contributed by atoms with van der Waals surface area (Å²) in [5, 5.41) is 7.80. The first-order valence-corrected chi connectivity index (χ1v) is 9.73. The van der Waals surface area contributed by atoms with Crippen molar-refractivity contribution in [3.05, 3.63) is 86.6 Å². The summed E-state index contributed by atoms with van der Waals surface area (Å²) in [4.78, 5) is 30.2. The molecule has 0 aliphatic rings. The van der Waals surface area contributed by atoms with Crippen molar-refractivity contribution in [3.63, 3.8) is 0 Å². The first-order chi connectivity index (χ1) is 14.0. The fraction of sp³-hybridized carbons (Fsp3) is 0.0952. The smallest absolute Gasteiger partial charge is 0.293 e. The number of thiophene rings is 1. The Kier molecular flexibility index (Phi) is 5.09. The Bertz CT molecular complexity index is 1230. The van der Waals surface area contributed by atoms with Gasteiger partial charge in [-0.05, 0) is 53.9 Å². The van der Waals surface area contributed by atoms with E-state index in [2.05, 4.69) is 15.6 Å². The van der Waals surface area contributed by atoms with Crippen LogP contribution in [0.15, 0.2) is 64.8 Å². The van der Waals surface area contributed by atoms with E-state index in [1.165, 1.54) is 22.8 Å². The highest BCUT2D eigenvalue weighted by Gasteiger charge is 2.11. The number of nitrogens with one attached hydrogen (secondary N) is 2. The lowest BCUT2D eigenvalue weighted by molar-refractivity contribution is 0.0951. The fourth-order valence-electron chi connectivity index (χ4n) is 2.90. The Morgan fingerprint density at radius 2 is 1.97 bits per heavy atom.